The first-order valence-electron chi connectivity index (χ1n) is 8.95. The van der Waals surface area contributed by atoms with Crippen LogP contribution in [0.4, 0.5) is 0 Å². The van der Waals surface area contributed by atoms with E-state index in [1.54, 1.807) is 22.9 Å². The molecule has 0 radical (unpaired) electrons. The monoisotopic (exact) mass is 396 g/mol. The van der Waals surface area contributed by atoms with E-state index in [4.69, 9.17) is 27.9 Å². The predicted octanol–water partition coefficient (Wildman–Crippen LogP) is 5.89. The summed E-state index contributed by atoms with van der Waals surface area (Å²) in [5, 5.41) is 5.47. The summed E-state index contributed by atoms with van der Waals surface area (Å²) >= 11 is 11.9. The summed E-state index contributed by atoms with van der Waals surface area (Å²) in [4.78, 5) is 12.5. The molecule has 2 rings (SSSR count). The summed E-state index contributed by atoms with van der Waals surface area (Å²) in [7, 11) is 0. The Balaban J connectivity index is 1.89. The molecule has 142 valence electrons. The highest BCUT2D eigenvalue weighted by atomic mass is 35.5. The van der Waals surface area contributed by atoms with E-state index in [0.717, 1.165) is 24.2 Å². The van der Waals surface area contributed by atoms with Crippen LogP contribution in [0, 0.1) is 19.8 Å². The van der Waals surface area contributed by atoms with Gasteiger partial charge < -0.3 is 4.74 Å². The second kappa shape index (κ2) is 9.43. The quantitative estimate of drug-likeness (QED) is 0.522. The van der Waals surface area contributed by atoms with Crippen LogP contribution >= 0.6 is 23.2 Å². The predicted molar refractivity (Wildman–Crippen MR) is 107 cm³/mol. The number of ether oxygens (including phenoxy) is 1. The molecular weight excluding hydrogens is 371 g/mol. The van der Waals surface area contributed by atoms with E-state index < -0.39 is 0 Å². The van der Waals surface area contributed by atoms with Crippen molar-refractivity contribution in [3.05, 3.63) is 45.2 Å². The smallest absolute Gasteiger partial charge is 0.247 e. The zero-order valence-corrected chi connectivity index (χ0v) is 17.3. The number of benzene rings is 1. The van der Waals surface area contributed by atoms with Crippen molar-refractivity contribution >= 4 is 29.1 Å². The Kier molecular flexibility index (Phi) is 7.54. The third-order valence-corrected chi connectivity index (χ3v) is 4.87. The number of halogens is 2. The average Bonchev–Trinajstić information content (AvgIpc) is 2.85. The van der Waals surface area contributed by atoms with Gasteiger partial charge in [-0.25, -0.2) is 4.68 Å². The minimum absolute atomic E-state index is 0.00722. The SMILES string of the molecule is Cc1nn(C(=O)CCCOc2ccc(Cl)cc2Cl)c(C)c1CCC(C)C. The van der Waals surface area contributed by atoms with Crippen LogP contribution in [0.2, 0.25) is 10.0 Å². The van der Waals surface area contributed by atoms with Gasteiger partial charge in [-0.1, -0.05) is 37.0 Å². The number of nitrogens with zero attached hydrogens (tertiary/aromatic N) is 2. The molecule has 0 spiro atoms. The molecule has 0 aliphatic rings. The highest BCUT2D eigenvalue weighted by molar-refractivity contribution is 6.35. The molecule has 1 aromatic heterocycles. The molecule has 0 atom stereocenters. The van der Waals surface area contributed by atoms with E-state index in [-0.39, 0.29) is 5.91 Å². The molecule has 0 fully saturated rings. The van der Waals surface area contributed by atoms with Gasteiger partial charge in [0, 0.05) is 17.1 Å². The summed E-state index contributed by atoms with van der Waals surface area (Å²) in [6.07, 6.45) is 3.02. The van der Waals surface area contributed by atoms with E-state index in [1.165, 1.54) is 5.56 Å². The molecule has 0 N–H and O–H groups in total. The summed E-state index contributed by atoms with van der Waals surface area (Å²) in [5.74, 6) is 1.20. The molecule has 0 bridgehead atoms. The molecular formula is C20H26Cl2N2O2. The lowest BCUT2D eigenvalue weighted by Gasteiger charge is -2.09. The molecule has 1 aromatic carbocycles. The summed E-state index contributed by atoms with van der Waals surface area (Å²) < 4.78 is 7.17. The highest BCUT2D eigenvalue weighted by Gasteiger charge is 2.16. The van der Waals surface area contributed by atoms with Gasteiger partial charge in [-0.3, -0.25) is 4.79 Å². The average molecular weight is 397 g/mol. The molecule has 1 heterocycles. The van der Waals surface area contributed by atoms with E-state index in [9.17, 15) is 4.79 Å². The fourth-order valence-electron chi connectivity index (χ4n) is 2.82. The molecule has 4 nitrogen and oxygen atoms in total. The van der Waals surface area contributed by atoms with Gasteiger partial charge >= 0.3 is 0 Å². The third-order valence-electron chi connectivity index (χ3n) is 4.34. The van der Waals surface area contributed by atoms with Crippen LogP contribution in [-0.2, 0) is 6.42 Å². The first-order chi connectivity index (χ1) is 12.3. The van der Waals surface area contributed by atoms with Crippen molar-refractivity contribution in [1.29, 1.82) is 0 Å². The zero-order chi connectivity index (χ0) is 19.3. The number of carbonyl (C=O) groups is 1. The fraction of sp³-hybridized carbons (Fsp3) is 0.500. The Morgan fingerprint density at radius 3 is 2.65 bits per heavy atom. The van der Waals surface area contributed by atoms with Gasteiger partial charge in [0.2, 0.25) is 5.91 Å². The van der Waals surface area contributed by atoms with Crippen LogP contribution in [0.3, 0.4) is 0 Å². The minimum Gasteiger partial charge on any atom is -0.492 e. The van der Waals surface area contributed by atoms with E-state index >= 15 is 0 Å². The van der Waals surface area contributed by atoms with Crippen LogP contribution < -0.4 is 4.74 Å². The van der Waals surface area contributed by atoms with Gasteiger partial charge in [-0.2, -0.15) is 5.10 Å². The number of hydrogen-bond acceptors (Lipinski definition) is 3. The van der Waals surface area contributed by atoms with Gasteiger partial charge in [-0.15, -0.1) is 0 Å². The molecule has 0 unspecified atom stereocenters. The van der Waals surface area contributed by atoms with Crippen molar-refractivity contribution < 1.29 is 9.53 Å². The first kappa shape index (κ1) is 20.8. The van der Waals surface area contributed by atoms with Crippen molar-refractivity contribution in [3.8, 4) is 5.75 Å². The molecule has 26 heavy (non-hydrogen) atoms. The van der Waals surface area contributed by atoms with Crippen LogP contribution in [0.1, 0.15) is 54.9 Å². The van der Waals surface area contributed by atoms with Gasteiger partial charge in [0.1, 0.15) is 5.75 Å². The van der Waals surface area contributed by atoms with Crippen LogP contribution in [-0.4, -0.2) is 22.3 Å². The first-order valence-corrected chi connectivity index (χ1v) is 9.71. The largest absolute Gasteiger partial charge is 0.492 e. The van der Waals surface area contributed by atoms with E-state index in [1.807, 2.05) is 13.8 Å². The van der Waals surface area contributed by atoms with Crippen molar-refractivity contribution in [2.45, 2.75) is 53.4 Å². The standard InChI is InChI=1S/C20H26Cl2N2O2/c1-13(2)7-9-17-14(3)23-24(15(17)4)20(25)6-5-11-26-19-10-8-16(21)12-18(19)22/h8,10,12-13H,5-7,9,11H2,1-4H3. The molecule has 0 saturated carbocycles. The molecule has 0 amide bonds. The minimum atomic E-state index is -0.00722. The number of rotatable bonds is 8. The Labute approximate surface area is 165 Å². The molecule has 6 heteroatoms. The maximum Gasteiger partial charge on any atom is 0.247 e. The van der Waals surface area contributed by atoms with Crippen molar-refractivity contribution in [2.24, 2.45) is 5.92 Å². The third kappa shape index (κ3) is 5.49. The topological polar surface area (TPSA) is 44.1 Å². The van der Waals surface area contributed by atoms with Gasteiger partial charge in [0.15, 0.2) is 0 Å². The van der Waals surface area contributed by atoms with E-state index in [0.29, 0.717) is 41.2 Å². The number of aryl methyl sites for hydroxylation is 1. The zero-order valence-electron chi connectivity index (χ0n) is 15.8. The molecule has 0 aliphatic heterocycles. The molecule has 0 saturated heterocycles. The lowest BCUT2D eigenvalue weighted by molar-refractivity contribution is 0.0874. The molecule has 2 aromatic rings. The van der Waals surface area contributed by atoms with Gasteiger partial charge in [-0.05, 0) is 62.8 Å². The maximum absolute atomic E-state index is 12.5. The van der Waals surface area contributed by atoms with Crippen molar-refractivity contribution in [2.75, 3.05) is 6.61 Å². The Hall–Kier alpha value is -1.52. The Morgan fingerprint density at radius 2 is 2.00 bits per heavy atom. The summed E-state index contributed by atoms with van der Waals surface area (Å²) in [6, 6.07) is 5.09. The number of aromatic nitrogens is 2. The lowest BCUT2D eigenvalue weighted by atomic mass is 10.0. The maximum atomic E-state index is 12.5. The fourth-order valence-corrected chi connectivity index (χ4v) is 3.28. The Morgan fingerprint density at radius 1 is 1.27 bits per heavy atom. The number of carbonyl (C=O) groups excluding carboxylic acids is 1. The van der Waals surface area contributed by atoms with E-state index in [2.05, 4.69) is 18.9 Å². The van der Waals surface area contributed by atoms with Gasteiger partial charge in [0.25, 0.3) is 0 Å². The second-order valence-corrected chi connectivity index (χ2v) is 7.76. The van der Waals surface area contributed by atoms with Crippen molar-refractivity contribution in [1.82, 2.24) is 9.78 Å². The highest BCUT2D eigenvalue weighted by Crippen LogP contribution is 2.27. The van der Waals surface area contributed by atoms with Crippen LogP contribution in [0.5, 0.6) is 5.75 Å². The van der Waals surface area contributed by atoms with Crippen molar-refractivity contribution in [3.63, 3.8) is 0 Å². The second-order valence-electron chi connectivity index (χ2n) is 6.91. The normalized spacial score (nSPS) is 11.2. The lowest BCUT2D eigenvalue weighted by Crippen LogP contribution is -2.15. The Bertz CT molecular complexity index is 769. The van der Waals surface area contributed by atoms with Crippen LogP contribution in [0.15, 0.2) is 18.2 Å². The summed E-state index contributed by atoms with van der Waals surface area (Å²) in [6.45, 7) is 8.75. The summed E-state index contributed by atoms with van der Waals surface area (Å²) in [5.41, 5.74) is 3.09. The van der Waals surface area contributed by atoms with Gasteiger partial charge in [0.05, 0.1) is 17.3 Å². The molecule has 0 aliphatic carbocycles. The number of hydrogen-bond donors (Lipinski definition) is 0. The van der Waals surface area contributed by atoms with Crippen LogP contribution in [0.25, 0.3) is 0 Å².